The van der Waals surface area contributed by atoms with Gasteiger partial charge >= 0.3 is 11.9 Å². The minimum atomic E-state index is -1.22. The summed E-state index contributed by atoms with van der Waals surface area (Å²) in [5, 5.41) is 0. The number of carbonyl (C=O) groups is 2. The number of hydrogen-bond donors (Lipinski definition) is 2. The number of rotatable bonds is 3. The maximum absolute atomic E-state index is 11.6. The number of ether oxygens (including phenoxy) is 2. The second kappa shape index (κ2) is 10.8. The molecule has 1 saturated heterocycles. The number of hydrogen-bond acceptors (Lipinski definition) is 8. The van der Waals surface area contributed by atoms with Crippen molar-refractivity contribution in [2.45, 2.75) is 32.5 Å². The van der Waals surface area contributed by atoms with Crippen LogP contribution in [0.25, 0.3) is 6.08 Å². The van der Waals surface area contributed by atoms with Crippen LogP contribution >= 0.6 is 22.6 Å². The lowest BCUT2D eigenvalue weighted by Gasteiger charge is -2.29. The predicted molar refractivity (Wildman–Crippen MR) is 141 cm³/mol. The Hall–Kier alpha value is -3.60. The van der Waals surface area contributed by atoms with E-state index in [1.165, 1.54) is 25.5 Å². The largest absolute Gasteiger partial charge is 0.451 e. The lowest BCUT2D eigenvalue weighted by molar-refractivity contribution is -0.222. The van der Waals surface area contributed by atoms with Gasteiger partial charge in [0.1, 0.15) is 17.2 Å². The van der Waals surface area contributed by atoms with Crippen LogP contribution in [0.15, 0.2) is 81.7 Å². The highest BCUT2D eigenvalue weighted by Crippen LogP contribution is 2.25. The van der Waals surface area contributed by atoms with E-state index in [4.69, 9.17) is 13.9 Å². The van der Waals surface area contributed by atoms with Gasteiger partial charge in [-0.1, -0.05) is 36.4 Å². The molecule has 0 radical (unpaired) electrons. The number of anilines is 1. The van der Waals surface area contributed by atoms with E-state index in [0.717, 1.165) is 30.1 Å². The molecule has 180 valence electrons. The van der Waals surface area contributed by atoms with Crippen LogP contribution in [0, 0.1) is 3.77 Å². The monoisotopic (exact) mass is 585 g/mol. The molecule has 2 aromatic carbocycles. The lowest BCUT2D eigenvalue weighted by atomic mass is 10.0. The van der Waals surface area contributed by atoms with Gasteiger partial charge in [0.2, 0.25) is 0 Å². The van der Waals surface area contributed by atoms with Gasteiger partial charge in [0, 0.05) is 26.3 Å². The number of nitrogens with one attached hydrogen (secondary N) is 2. The Labute approximate surface area is 216 Å². The van der Waals surface area contributed by atoms with Crippen molar-refractivity contribution in [2.75, 3.05) is 5.43 Å². The molecule has 5 rings (SSSR count). The third-order valence-electron chi connectivity index (χ3n) is 5.00. The zero-order valence-electron chi connectivity index (χ0n) is 19.2. The van der Waals surface area contributed by atoms with Crippen molar-refractivity contribution in [2.24, 2.45) is 4.99 Å². The molecule has 0 bridgehead atoms. The van der Waals surface area contributed by atoms with E-state index in [2.05, 4.69) is 34.0 Å². The molecule has 2 aliphatic heterocycles. The Balaban J connectivity index is 0.000000165. The van der Waals surface area contributed by atoms with Gasteiger partial charge in [-0.25, -0.2) is 14.6 Å². The molecule has 9 heteroatoms. The molecule has 3 heterocycles. The summed E-state index contributed by atoms with van der Waals surface area (Å²) in [6, 6.07) is 21.7. The number of furan rings is 1. The van der Waals surface area contributed by atoms with Crippen LogP contribution in [0.2, 0.25) is 0 Å². The standard InChI is InChI=1S/C15H15N3.C11H9IO5/c1-2-7-13(8-3-1)17-18-15-11-10-12-6-4-5-9-14(12)16-15;1-11(2)16-9(13)7(10(14)17-11)5-6-3-4-8(12)15-6/h1-9,17H,10-11H2,(H,16,18);3-5H,1-2H3. The van der Waals surface area contributed by atoms with Gasteiger partial charge in [-0.3, -0.25) is 10.9 Å². The van der Waals surface area contributed by atoms with E-state index in [-0.39, 0.29) is 5.57 Å². The number of fused-ring (bicyclic) bond motifs is 1. The summed E-state index contributed by atoms with van der Waals surface area (Å²) in [6.07, 6.45) is 3.29. The third-order valence-corrected chi connectivity index (χ3v) is 5.58. The minimum absolute atomic E-state index is 0.171. The molecule has 3 aromatic rings. The number of para-hydroxylation sites is 2. The first-order valence-electron chi connectivity index (χ1n) is 11.0. The number of benzene rings is 2. The predicted octanol–water partition coefficient (Wildman–Crippen LogP) is 5.38. The van der Waals surface area contributed by atoms with Gasteiger partial charge in [-0.2, -0.15) is 0 Å². The van der Waals surface area contributed by atoms with Crippen LogP contribution in [0.4, 0.5) is 11.4 Å². The van der Waals surface area contributed by atoms with Crippen molar-refractivity contribution in [3.05, 3.63) is 87.4 Å². The molecule has 2 N–H and O–H groups in total. The topological polar surface area (TPSA) is 102 Å². The average Bonchev–Trinajstić information content (AvgIpc) is 3.25. The van der Waals surface area contributed by atoms with Crippen molar-refractivity contribution >= 4 is 57.8 Å². The number of cyclic esters (lactones) is 2. The lowest BCUT2D eigenvalue weighted by Crippen LogP contribution is -2.41. The molecule has 0 saturated carbocycles. The second-order valence-electron chi connectivity index (χ2n) is 8.18. The van der Waals surface area contributed by atoms with Crippen LogP contribution in [0.1, 0.15) is 31.6 Å². The second-order valence-corrected chi connectivity index (χ2v) is 9.25. The number of carbonyl (C=O) groups excluding carboxylic acids is 2. The highest BCUT2D eigenvalue weighted by atomic mass is 127. The number of esters is 2. The fraction of sp³-hybridized carbons (Fsp3) is 0.192. The summed E-state index contributed by atoms with van der Waals surface area (Å²) in [4.78, 5) is 27.8. The summed E-state index contributed by atoms with van der Waals surface area (Å²) >= 11 is 1.98. The molecule has 2 aliphatic rings. The minimum Gasteiger partial charge on any atom is -0.451 e. The Bertz CT molecular complexity index is 1260. The SMILES string of the molecule is CC1(C)OC(=O)C(=Cc2ccc(I)o2)C(=O)O1.c1ccc(NNC2=Nc3ccccc3CC2)cc1. The number of halogens is 1. The molecule has 35 heavy (non-hydrogen) atoms. The van der Waals surface area contributed by atoms with E-state index >= 15 is 0 Å². The van der Waals surface area contributed by atoms with Crippen LogP contribution in [0.5, 0.6) is 0 Å². The maximum atomic E-state index is 11.6. The van der Waals surface area contributed by atoms with Crippen LogP contribution in [-0.2, 0) is 25.5 Å². The molecular formula is C26H24IN3O5. The Kier molecular flexibility index (Phi) is 7.54. The smallest absolute Gasteiger partial charge is 0.348 e. The average molecular weight is 585 g/mol. The zero-order chi connectivity index (χ0) is 24.8. The summed E-state index contributed by atoms with van der Waals surface area (Å²) in [5.41, 5.74) is 9.61. The van der Waals surface area contributed by atoms with Crippen molar-refractivity contribution in [3.8, 4) is 0 Å². The van der Waals surface area contributed by atoms with E-state index in [1.807, 2.05) is 59.0 Å². The molecule has 0 aliphatic carbocycles. The van der Waals surface area contributed by atoms with Crippen molar-refractivity contribution in [1.82, 2.24) is 5.43 Å². The van der Waals surface area contributed by atoms with Gasteiger partial charge in [0.25, 0.3) is 5.79 Å². The number of amidine groups is 1. The summed E-state index contributed by atoms with van der Waals surface area (Å²) in [7, 11) is 0. The quantitative estimate of drug-likeness (QED) is 0.140. The number of aliphatic imine (C=N–C) groups is 1. The van der Waals surface area contributed by atoms with Crippen molar-refractivity contribution < 1.29 is 23.5 Å². The summed E-state index contributed by atoms with van der Waals surface area (Å²) in [5.74, 6) is -1.26. The van der Waals surface area contributed by atoms with Gasteiger partial charge in [-0.05, 0) is 64.9 Å². The molecular weight excluding hydrogens is 561 g/mol. The molecule has 0 atom stereocenters. The summed E-state index contributed by atoms with van der Waals surface area (Å²) in [6.45, 7) is 2.99. The summed E-state index contributed by atoms with van der Waals surface area (Å²) < 4.78 is 15.8. The normalized spacial score (nSPS) is 16.0. The molecule has 0 unspecified atom stereocenters. The first-order valence-corrected chi connectivity index (χ1v) is 12.0. The van der Waals surface area contributed by atoms with Crippen LogP contribution < -0.4 is 10.9 Å². The first-order chi connectivity index (χ1) is 16.8. The van der Waals surface area contributed by atoms with E-state index in [0.29, 0.717) is 9.53 Å². The highest BCUT2D eigenvalue weighted by Gasteiger charge is 2.39. The van der Waals surface area contributed by atoms with Gasteiger partial charge in [0.15, 0.2) is 3.77 Å². The molecule has 1 fully saturated rings. The molecule has 1 aromatic heterocycles. The third kappa shape index (κ3) is 6.72. The van der Waals surface area contributed by atoms with E-state index in [1.54, 1.807) is 12.1 Å². The van der Waals surface area contributed by atoms with Crippen LogP contribution in [0.3, 0.4) is 0 Å². The highest BCUT2D eigenvalue weighted by molar-refractivity contribution is 14.1. The Morgan fingerprint density at radius 1 is 0.886 bits per heavy atom. The molecule has 8 nitrogen and oxygen atoms in total. The Morgan fingerprint density at radius 2 is 1.57 bits per heavy atom. The van der Waals surface area contributed by atoms with E-state index < -0.39 is 17.7 Å². The van der Waals surface area contributed by atoms with Gasteiger partial charge in [-0.15, -0.1) is 0 Å². The van der Waals surface area contributed by atoms with Crippen molar-refractivity contribution in [1.29, 1.82) is 0 Å². The van der Waals surface area contributed by atoms with Crippen molar-refractivity contribution in [3.63, 3.8) is 0 Å². The number of hydrazine groups is 1. The van der Waals surface area contributed by atoms with E-state index in [9.17, 15) is 9.59 Å². The fourth-order valence-corrected chi connectivity index (χ4v) is 3.80. The maximum Gasteiger partial charge on any atom is 0.348 e. The van der Waals surface area contributed by atoms with Crippen LogP contribution in [-0.4, -0.2) is 23.6 Å². The Morgan fingerprint density at radius 3 is 2.26 bits per heavy atom. The number of nitrogens with zero attached hydrogens (tertiary/aromatic N) is 1. The number of aryl methyl sites for hydroxylation is 1. The fourth-order valence-electron chi connectivity index (χ4n) is 3.37. The first kappa shape index (κ1) is 24.5. The van der Waals surface area contributed by atoms with Gasteiger partial charge in [0.05, 0.1) is 11.4 Å². The van der Waals surface area contributed by atoms with Gasteiger partial charge < -0.3 is 13.9 Å². The molecule has 0 spiro atoms. The molecule has 0 amide bonds. The zero-order valence-corrected chi connectivity index (χ0v) is 21.4.